The third kappa shape index (κ3) is 6.66. The van der Waals surface area contributed by atoms with Gasteiger partial charge in [-0.2, -0.15) is 0 Å². The van der Waals surface area contributed by atoms with Gasteiger partial charge in [0.05, 0.1) is 0 Å². The van der Waals surface area contributed by atoms with Gasteiger partial charge in [-0.15, -0.1) is 0 Å². The van der Waals surface area contributed by atoms with Crippen molar-refractivity contribution in [1.29, 1.82) is 0 Å². The molecule has 0 unspecified atom stereocenters. The molecule has 1 fully saturated rings. The molecule has 0 aromatic carbocycles. The Balaban J connectivity index is 0.000000261. The van der Waals surface area contributed by atoms with Gasteiger partial charge in [-0.1, -0.05) is 46.5 Å². The first-order chi connectivity index (χ1) is 5.85. The fourth-order valence-corrected chi connectivity index (χ4v) is 1.42. The third-order valence-corrected chi connectivity index (χ3v) is 2.35. The standard InChI is InChI=1S/C7H15N.C4H10/c1-2-8-7-5-3-4-6-7;1-3-4-2/h7-8H,2-6H2,1H3;3-4H2,1-2H3. The average molecular weight is 171 g/mol. The number of rotatable bonds is 3. The van der Waals surface area contributed by atoms with E-state index in [0.717, 1.165) is 12.6 Å². The van der Waals surface area contributed by atoms with Crippen LogP contribution in [-0.2, 0) is 0 Å². The summed E-state index contributed by atoms with van der Waals surface area (Å²) in [4.78, 5) is 0. The first-order valence-corrected chi connectivity index (χ1v) is 5.58. The molecule has 12 heavy (non-hydrogen) atoms. The van der Waals surface area contributed by atoms with Crippen molar-refractivity contribution in [3.63, 3.8) is 0 Å². The van der Waals surface area contributed by atoms with E-state index < -0.39 is 0 Å². The van der Waals surface area contributed by atoms with Crippen LogP contribution in [0.4, 0.5) is 0 Å². The molecule has 1 aliphatic rings. The summed E-state index contributed by atoms with van der Waals surface area (Å²) >= 11 is 0. The highest BCUT2D eigenvalue weighted by Crippen LogP contribution is 2.16. The van der Waals surface area contributed by atoms with E-state index in [1.54, 1.807) is 0 Å². The van der Waals surface area contributed by atoms with Crippen molar-refractivity contribution in [2.75, 3.05) is 6.54 Å². The smallest absolute Gasteiger partial charge is 0.00669 e. The molecule has 0 aromatic heterocycles. The van der Waals surface area contributed by atoms with Gasteiger partial charge in [-0.05, 0) is 19.4 Å². The Morgan fingerprint density at radius 2 is 1.50 bits per heavy atom. The minimum Gasteiger partial charge on any atom is -0.314 e. The summed E-state index contributed by atoms with van der Waals surface area (Å²) in [7, 11) is 0. The molecule has 1 N–H and O–H groups in total. The van der Waals surface area contributed by atoms with E-state index in [0.29, 0.717) is 0 Å². The lowest BCUT2D eigenvalue weighted by Gasteiger charge is -2.07. The SMILES string of the molecule is CCCC.CCNC1CCCC1. The van der Waals surface area contributed by atoms with Gasteiger partial charge >= 0.3 is 0 Å². The van der Waals surface area contributed by atoms with Gasteiger partial charge in [0, 0.05) is 6.04 Å². The summed E-state index contributed by atoms with van der Waals surface area (Å²) in [6.45, 7) is 7.68. The maximum Gasteiger partial charge on any atom is 0.00669 e. The lowest BCUT2D eigenvalue weighted by Crippen LogP contribution is -2.24. The van der Waals surface area contributed by atoms with Crippen molar-refractivity contribution in [2.45, 2.75) is 65.3 Å². The lowest BCUT2D eigenvalue weighted by atomic mass is 10.2. The van der Waals surface area contributed by atoms with Gasteiger partial charge < -0.3 is 5.32 Å². The molecular weight excluding hydrogens is 146 g/mol. The Hall–Kier alpha value is -0.0400. The monoisotopic (exact) mass is 171 g/mol. The van der Waals surface area contributed by atoms with Crippen LogP contribution in [0.2, 0.25) is 0 Å². The molecule has 1 aliphatic carbocycles. The molecule has 0 heterocycles. The number of nitrogens with one attached hydrogen (secondary N) is 1. The zero-order valence-electron chi connectivity index (χ0n) is 9.03. The Kier molecular flexibility index (Phi) is 9.02. The predicted octanol–water partition coefficient (Wildman–Crippen LogP) is 3.34. The van der Waals surface area contributed by atoms with Gasteiger partial charge in [-0.25, -0.2) is 0 Å². The van der Waals surface area contributed by atoms with Crippen LogP contribution in [0.25, 0.3) is 0 Å². The Morgan fingerprint density at radius 1 is 1.00 bits per heavy atom. The van der Waals surface area contributed by atoms with E-state index in [2.05, 4.69) is 26.1 Å². The molecule has 0 spiro atoms. The summed E-state index contributed by atoms with van der Waals surface area (Å²) in [6, 6.07) is 0.861. The van der Waals surface area contributed by atoms with E-state index in [1.807, 2.05) is 0 Å². The second kappa shape index (κ2) is 9.05. The second-order valence-electron chi connectivity index (χ2n) is 3.54. The lowest BCUT2D eigenvalue weighted by molar-refractivity contribution is 0.542. The maximum absolute atomic E-state index is 3.44. The van der Waals surface area contributed by atoms with Crippen molar-refractivity contribution in [3.8, 4) is 0 Å². The maximum atomic E-state index is 3.44. The molecule has 0 aliphatic heterocycles. The number of hydrogen-bond acceptors (Lipinski definition) is 1. The van der Waals surface area contributed by atoms with Crippen LogP contribution < -0.4 is 5.32 Å². The largest absolute Gasteiger partial charge is 0.314 e. The van der Waals surface area contributed by atoms with Crippen molar-refractivity contribution in [3.05, 3.63) is 0 Å². The summed E-state index contributed by atoms with van der Waals surface area (Å²) in [6.07, 6.45) is 8.34. The van der Waals surface area contributed by atoms with Gasteiger partial charge in [0.2, 0.25) is 0 Å². The highest BCUT2D eigenvalue weighted by Gasteiger charge is 2.11. The molecule has 1 rings (SSSR count). The van der Waals surface area contributed by atoms with Crippen molar-refractivity contribution < 1.29 is 0 Å². The van der Waals surface area contributed by atoms with Crippen molar-refractivity contribution in [1.82, 2.24) is 5.32 Å². The molecule has 0 radical (unpaired) electrons. The van der Waals surface area contributed by atoms with Gasteiger partial charge in [0.25, 0.3) is 0 Å². The fourth-order valence-electron chi connectivity index (χ4n) is 1.42. The molecule has 1 nitrogen and oxygen atoms in total. The molecule has 1 heteroatoms. The van der Waals surface area contributed by atoms with E-state index in [1.165, 1.54) is 38.5 Å². The van der Waals surface area contributed by atoms with Gasteiger partial charge in [-0.3, -0.25) is 0 Å². The minimum absolute atomic E-state index is 0.861. The highest BCUT2D eigenvalue weighted by atomic mass is 14.9. The zero-order valence-corrected chi connectivity index (χ0v) is 9.03. The summed E-state index contributed by atoms with van der Waals surface area (Å²) in [5.41, 5.74) is 0. The zero-order chi connectivity index (χ0) is 9.23. The predicted molar refractivity (Wildman–Crippen MR) is 56.5 cm³/mol. The first kappa shape index (κ1) is 12.0. The average Bonchev–Trinajstić information content (AvgIpc) is 2.58. The summed E-state index contributed by atoms with van der Waals surface area (Å²) in [5.74, 6) is 0. The Labute approximate surface area is 77.9 Å². The fraction of sp³-hybridized carbons (Fsp3) is 1.00. The van der Waals surface area contributed by atoms with Crippen molar-refractivity contribution >= 4 is 0 Å². The van der Waals surface area contributed by atoms with Crippen LogP contribution >= 0.6 is 0 Å². The van der Waals surface area contributed by atoms with Crippen LogP contribution in [0.3, 0.4) is 0 Å². The van der Waals surface area contributed by atoms with Gasteiger partial charge in [0.15, 0.2) is 0 Å². The number of hydrogen-bond donors (Lipinski definition) is 1. The molecule has 1 saturated carbocycles. The van der Waals surface area contributed by atoms with E-state index in [-0.39, 0.29) is 0 Å². The Bertz CT molecular complexity index is 73.1. The van der Waals surface area contributed by atoms with Crippen molar-refractivity contribution in [2.24, 2.45) is 0 Å². The normalized spacial score (nSPS) is 17.2. The molecule has 0 aromatic rings. The van der Waals surface area contributed by atoms with E-state index in [4.69, 9.17) is 0 Å². The van der Waals surface area contributed by atoms with Gasteiger partial charge in [0.1, 0.15) is 0 Å². The van der Waals surface area contributed by atoms with Crippen LogP contribution in [0.5, 0.6) is 0 Å². The quantitative estimate of drug-likeness (QED) is 0.686. The molecule has 74 valence electrons. The van der Waals surface area contributed by atoms with Crippen LogP contribution in [-0.4, -0.2) is 12.6 Å². The molecule has 0 amide bonds. The van der Waals surface area contributed by atoms with E-state index >= 15 is 0 Å². The molecular formula is C11H25N. The highest BCUT2D eigenvalue weighted by molar-refractivity contribution is 4.72. The molecule has 0 bridgehead atoms. The summed E-state index contributed by atoms with van der Waals surface area (Å²) in [5, 5.41) is 3.44. The first-order valence-electron chi connectivity index (χ1n) is 5.58. The second-order valence-corrected chi connectivity index (χ2v) is 3.54. The minimum atomic E-state index is 0.861. The van der Waals surface area contributed by atoms with E-state index in [9.17, 15) is 0 Å². The summed E-state index contributed by atoms with van der Waals surface area (Å²) < 4.78 is 0. The topological polar surface area (TPSA) is 12.0 Å². The van der Waals surface area contributed by atoms with Crippen LogP contribution in [0.15, 0.2) is 0 Å². The number of unbranched alkanes of at least 4 members (excludes halogenated alkanes) is 1. The Morgan fingerprint density at radius 3 is 1.83 bits per heavy atom. The molecule has 0 atom stereocenters. The third-order valence-electron chi connectivity index (χ3n) is 2.35. The van der Waals surface area contributed by atoms with Crippen LogP contribution in [0, 0.1) is 0 Å². The molecule has 0 saturated heterocycles. The van der Waals surface area contributed by atoms with Crippen LogP contribution in [0.1, 0.15) is 59.3 Å².